The molecule has 2 aromatic carbocycles. The van der Waals surface area contributed by atoms with E-state index < -0.39 is 26.1 Å². The number of hydrogen-bond acceptors (Lipinski definition) is 6. The molecule has 0 spiro atoms. The van der Waals surface area contributed by atoms with Gasteiger partial charge >= 0.3 is 0 Å². The SMILES string of the molecule is Cc1ccc(S(=O)(=O)N2N=C(c3ccc(NS(C)(=O)=O)cc3)C[C@H]2c2ccco2)cc1. The van der Waals surface area contributed by atoms with Crippen LogP contribution in [0.2, 0.25) is 0 Å². The van der Waals surface area contributed by atoms with E-state index in [2.05, 4.69) is 9.82 Å². The maximum atomic E-state index is 13.3. The first kappa shape index (κ1) is 21.1. The standard InChI is InChI=1S/C21H21N3O5S2/c1-15-5-11-18(12-6-15)31(27,28)24-20(21-4-3-13-29-21)14-19(22-24)16-7-9-17(10-8-16)23-30(2,25)26/h3-13,20,23H,14H2,1-2H3/t20-/m0/s1. The van der Waals surface area contributed by atoms with E-state index in [1.165, 1.54) is 6.26 Å². The van der Waals surface area contributed by atoms with Crippen LogP contribution in [0.1, 0.15) is 29.3 Å². The summed E-state index contributed by atoms with van der Waals surface area (Å²) in [5.41, 5.74) is 2.62. The van der Waals surface area contributed by atoms with Gasteiger partial charge in [0, 0.05) is 12.1 Å². The molecule has 3 aromatic rings. The predicted molar refractivity (Wildman–Crippen MR) is 118 cm³/mol. The number of furan rings is 1. The normalized spacial score (nSPS) is 16.9. The smallest absolute Gasteiger partial charge is 0.279 e. The van der Waals surface area contributed by atoms with E-state index in [4.69, 9.17) is 4.42 Å². The van der Waals surface area contributed by atoms with Crippen molar-refractivity contribution in [3.05, 3.63) is 83.8 Å². The molecule has 0 bridgehead atoms. The third-order valence-corrected chi connectivity index (χ3v) is 7.13. The Hall–Kier alpha value is -3.11. The summed E-state index contributed by atoms with van der Waals surface area (Å²) in [6, 6.07) is 16.0. The molecule has 0 saturated carbocycles. The molecule has 1 aliphatic rings. The summed E-state index contributed by atoms with van der Waals surface area (Å²) < 4.78 is 58.5. The van der Waals surface area contributed by atoms with Crippen LogP contribution in [0.15, 0.2) is 81.3 Å². The Morgan fingerprint density at radius 2 is 1.68 bits per heavy atom. The van der Waals surface area contributed by atoms with Crippen molar-refractivity contribution in [1.29, 1.82) is 0 Å². The van der Waals surface area contributed by atoms with Crippen molar-refractivity contribution in [2.75, 3.05) is 11.0 Å². The maximum absolute atomic E-state index is 13.3. The van der Waals surface area contributed by atoms with E-state index in [0.717, 1.165) is 16.2 Å². The van der Waals surface area contributed by atoms with Gasteiger partial charge in [-0.3, -0.25) is 4.72 Å². The lowest BCUT2D eigenvalue weighted by atomic mass is 10.0. The molecule has 1 atom stereocenters. The Labute approximate surface area is 181 Å². The minimum atomic E-state index is -3.91. The second kappa shape index (κ2) is 7.86. The number of aryl methyl sites for hydroxylation is 1. The molecule has 0 amide bonds. The third-order valence-electron chi connectivity index (χ3n) is 4.83. The van der Waals surface area contributed by atoms with Crippen LogP contribution in [-0.4, -0.2) is 33.2 Å². The fraction of sp³-hybridized carbons (Fsp3) is 0.190. The summed E-state index contributed by atoms with van der Waals surface area (Å²) in [5.74, 6) is 0.491. The first-order valence-electron chi connectivity index (χ1n) is 9.44. The van der Waals surface area contributed by atoms with E-state index in [-0.39, 0.29) is 4.90 Å². The molecule has 0 unspecified atom stereocenters. The van der Waals surface area contributed by atoms with Crippen LogP contribution in [-0.2, 0) is 20.0 Å². The van der Waals surface area contributed by atoms with Gasteiger partial charge in [0.25, 0.3) is 10.0 Å². The topological polar surface area (TPSA) is 109 Å². The molecule has 0 aliphatic carbocycles. The highest BCUT2D eigenvalue weighted by atomic mass is 32.2. The maximum Gasteiger partial charge on any atom is 0.279 e. The summed E-state index contributed by atoms with van der Waals surface area (Å²) >= 11 is 0. The lowest BCUT2D eigenvalue weighted by Crippen LogP contribution is -2.27. The van der Waals surface area contributed by atoms with Crippen molar-refractivity contribution < 1.29 is 21.3 Å². The Bertz CT molecular complexity index is 1310. The first-order chi connectivity index (χ1) is 14.6. The lowest BCUT2D eigenvalue weighted by Gasteiger charge is -2.21. The zero-order chi connectivity index (χ0) is 22.2. The molecule has 1 N–H and O–H groups in total. The van der Waals surface area contributed by atoms with E-state index >= 15 is 0 Å². The van der Waals surface area contributed by atoms with Gasteiger partial charge in [-0.25, -0.2) is 8.42 Å². The number of benzene rings is 2. The van der Waals surface area contributed by atoms with E-state index in [9.17, 15) is 16.8 Å². The molecule has 2 heterocycles. The van der Waals surface area contributed by atoms with Gasteiger partial charge in [0.05, 0.1) is 23.1 Å². The van der Waals surface area contributed by atoms with Crippen molar-refractivity contribution >= 4 is 31.4 Å². The van der Waals surface area contributed by atoms with Crippen LogP contribution in [0.3, 0.4) is 0 Å². The van der Waals surface area contributed by atoms with Crippen LogP contribution in [0.25, 0.3) is 0 Å². The lowest BCUT2D eigenvalue weighted by molar-refractivity contribution is 0.320. The highest BCUT2D eigenvalue weighted by Crippen LogP contribution is 2.37. The molecular formula is C21H21N3O5S2. The van der Waals surface area contributed by atoms with E-state index in [1.807, 2.05) is 6.92 Å². The van der Waals surface area contributed by atoms with Crippen LogP contribution >= 0.6 is 0 Å². The van der Waals surface area contributed by atoms with Gasteiger partial charge in [0.15, 0.2) is 0 Å². The Morgan fingerprint density at radius 1 is 1.00 bits per heavy atom. The highest BCUT2D eigenvalue weighted by molar-refractivity contribution is 7.92. The molecule has 31 heavy (non-hydrogen) atoms. The summed E-state index contributed by atoms with van der Waals surface area (Å²) in [4.78, 5) is 0.146. The predicted octanol–water partition coefficient (Wildman–Crippen LogP) is 3.50. The van der Waals surface area contributed by atoms with Gasteiger partial charge in [-0.1, -0.05) is 29.8 Å². The molecule has 1 aromatic heterocycles. The van der Waals surface area contributed by atoms with Crippen molar-refractivity contribution in [2.24, 2.45) is 5.10 Å². The minimum Gasteiger partial charge on any atom is -0.467 e. The van der Waals surface area contributed by atoms with E-state index in [1.54, 1.807) is 60.7 Å². The molecule has 0 saturated heterocycles. The monoisotopic (exact) mass is 459 g/mol. The van der Waals surface area contributed by atoms with Crippen molar-refractivity contribution in [3.63, 3.8) is 0 Å². The number of hydrogen-bond donors (Lipinski definition) is 1. The number of hydrazone groups is 1. The minimum absolute atomic E-state index is 0.146. The quantitative estimate of drug-likeness (QED) is 0.607. The van der Waals surface area contributed by atoms with Gasteiger partial charge in [0.1, 0.15) is 11.8 Å². The molecule has 0 radical (unpaired) electrons. The molecule has 8 nitrogen and oxygen atoms in total. The number of anilines is 1. The number of sulfonamides is 2. The highest BCUT2D eigenvalue weighted by Gasteiger charge is 2.39. The Kier molecular flexibility index (Phi) is 5.36. The summed E-state index contributed by atoms with van der Waals surface area (Å²) in [6.45, 7) is 1.89. The Balaban J connectivity index is 1.71. The van der Waals surface area contributed by atoms with Gasteiger partial charge in [0.2, 0.25) is 10.0 Å². The van der Waals surface area contributed by atoms with Crippen molar-refractivity contribution in [3.8, 4) is 0 Å². The first-order valence-corrected chi connectivity index (χ1v) is 12.8. The second-order valence-corrected chi connectivity index (χ2v) is 10.9. The van der Waals surface area contributed by atoms with Crippen LogP contribution < -0.4 is 4.72 Å². The molecule has 1 aliphatic heterocycles. The van der Waals surface area contributed by atoms with Crippen LogP contribution in [0, 0.1) is 6.92 Å². The van der Waals surface area contributed by atoms with Gasteiger partial charge in [-0.15, -0.1) is 0 Å². The van der Waals surface area contributed by atoms with Crippen molar-refractivity contribution in [2.45, 2.75) is 24.3 Å². The fourth-order valence-corrected chi connectivity index (χ4v) is 5.32. The average molecular weight is 460 g/mol. The van der Waals surface area contributed by atoms with Gasteiger partial charge in [-0.2, -0.15) is 17.9 Å². The summed E-state index contributed by atoms with van der Waals surface area (Å²) in [7, 11) is -7.30. The number of rotatable bonds is 6. The van der Waals surface area contributed by atoms with Gasteiger partial charge < -0.3 is 4.42 Å². The molecule has 162 valence electrons. The Morgan fingerprint density at radius 3 is 2.26 bits per heavy atom. The van der Waals surface area contributed by atoms with Crippen molar-refractivity contribution in [1.82, 2.24) is 4.41 Å². The average Bonchev–Trinajstić information content (AvgIpc) is 3.38. The fourth-order valence-electron chi connectivity index (χ4n) is 3.34. The summed E-state index contributed by atoms with van der Waals surface area (Å²) in [5, 5.41) is 4.43. The van der Waals surface area contributed by atoms with E-state index in [0.29, 0.717) is 29.1 Å². The van der Waals surface area contributed by atoms with Crippen LogP contribution in [0.5, 0.6) is 0 Å². The van der Waals surface area contributed by atoms with Gasteiger partial charge in [-0.05, 0) is 48.9 Å². The molecule has 0 fully saturated rings. The third kappa shape index (κ3) is 4.49. The number of nitrogens with zero attached hydrogens (tertiary/aromatic N) is 2. The largest absolute Gasteiger partial charge is 0.467 e. The van der Waals surface area contributed by atoms with Crippen LogP contribution in [0.4, 0.5) is 5.69 Å². The summed E-state index contributed by atoms with van der Waals surface area (Å²) in [6.07, 6.45) is 2.89. The second-order valence-electron chi connectivity index (χ2n) is 7.32. The number of nitrogens with one attached hydrogen (secondary N) is 1. The molecular weight excluding hydrogens is 438 g/mol. The molecule has 10 heteroatoms. The zero-order valence-corrected chi connectivity index (χ0v) is 18.5. The molecule has 4 rings (SSSR count). The zero-order valence-electron chi connectivity index (χ0n) is 16.9.